The van der Waals surface area contributed by atoms with E-state index in [0.717, 1.165) is 5.82 Å². The van der Waals surface area contributed by atoms with E-state index in [9.17, 15) is 9.59 Å². The van der Waals surface area contributed by atoms with E-state index in [2.05, 4.69) is 25.6 Å². The van der Waals surface area contributed by atoms with Crippen LogP contribution in [0.5, 0.6) is 0 Å². The molecule has 2 amide bonds. The molecule has 0 saturated carbocycles. The van der Waals surface area contributed by atoms with Crippen molar-refractivity contribution in [1.29, 1.82) is 0 Å². The summed E-state index contributed by atoms with van der Waals surface area (Å²) >= 11 is 0. The molecule has 3 rings (SSSR count). The van der Waals surface area contributed by atoms with Crippen LogP contribution in [0.3, 0.4) is 0 Å². The van der Waals surface area contributed by atoms with E-state index in [1.165, 1.54) is 11.2 Å². The van der Waals surface area contributed by atoms with E-state index >= 15 is 0 Å². The van der Waals surface area contributed by atoms with Crippen LogP contribution >= 0.6 is 0 Å². The Morgan fingerprint density at radius 1 is 1.32 bits per heavy atom. The number of carbonyl (C=O) groups is 2. The highest BCUT2D eigenvalue weighted by molar-refractivity contribution is 5.82. The van der Waals surface area contributed by atoms with Crippen molar-refractivity contribution in [2.24, 2.45) is 0 Å². The number of aryl methyl sites for hydroxylation is 1. The van der Waals surface area contributed by atoms with Gasteiger partial charge < -0.3 is 15.4 Å². The van der Waals surface area contributed by atoms with Gasteiger partial charge in [-0.15, -0.1) is 0 Å². The summed E-state index contributed by atoms with van der Waals surface area (Å²) < 4.78 is 6.62. The molecule has 10 heteroatoms. The Balaban J connectivity index is 1.44. The SMILES string of the molecule is Cc1nccn1-c1cc(NCCNC(=O)CN2CCOC2=O)ncn1. The highest BCUT2D eigenvalue weighted by Gasteiger charge is 2.23. The molecule has 2 N–H and O–H groups in total. The zero-order valence-electron chi connectivity index (χ0n) is 13.8. The molecule has 1 aliphatic heterocycles. The summed E-state index contributed by atoms with van der Waals surface area (Å²) in [7, 11) is 0. The molecule has 3 heterocycles. The number of hydrogen-bond acceptors (Lipinski definition) is 7. The molecule has 0 aliphatic carbocycles. The quantitative estimate of drug-likeness (QED) is 0.676. The molecule has 25 heavy (non-hydrogen) atoms. The molecule has 0 atom stereocenters. The molecule has 1 fully saturated rings. The molecule has 132 valence electrons. The minimum atomic E-state index is -0.448. The lowest BCUT2D eigenvalue weighted by Crippen LogP contribution is -2.39. The van der Waals surface area contributed by atoms with Gasteiger partial charge >= 0.3 is 6.09 Å². The fourth-order valence-corrected chi connectivity index (χ4v) is 2.39. The topological polar surface area (TPSA) is 114 Å². The number of rotatable bonds is 7. The predicted octanol–water partition coefficient (Wildman–Crippen LogP) is -0.0490. The van der Waals surface area contributed by atoms with Crippen LogP contribution in [0.25, 0.3) is 5.82 Å². The Hall–Kier alpha value is -3.17. The van der Waals surface area contributed by atoms with Gasteiger partial charge in [-0.3, -0.25) is 14.3 Å². The Morgan fingerprint density at radius 2 is 2.20 bits per heavy atom. The molecule has 0 radical (unpaired) electrons. The van der Waals surface area contributed by atoms with E-state index in [1.54, 1.807) is 12.3 Å². The van der Waals surface area contributed by atoms with Crippen molar-refractivity contribution in [1.82, 2.24) is 29.7 Å². The van der Waals surface area contributed by atoms with Crippen LogP contribution in [0.4, 0.5) is 10.6 Å². The van der Waals surface area contributed by atoms with Crippen LogP contribution in [0, 0.1) is 6.92 Å². The molecular weight excluding hydrogens is 326 g/mol. The van der Waals surface area contributed by atoms with Crippen LogP contribution in [0.2, 0.25) is 0 Å². The lowest BCUT2D eigenvalue weighted by molar-refractivity contribution is -0.121. The monoisotopic (exact) mass is 345 g/mol. The third kappa shape index (κ3) is 4.22. The van der Waals surface area contributed by atoms with Crippen LogP contribution in [0.15, 0.2) is 24.8 Å². The summed E-state index contributed by atoms with van der Waals surface area (Å²) in [5.41, 5.74) is 0. The number of aromatic nitrogens is 4. The van der Waals surface area contributed by atoms with Gasteiger partial charge in [-0.1, -0.05) is 0 Å². The average Bonchev–Trinajstić information content (AvgIpc) is 3.21. The second-order valence-corrected chi connectivity index (χ2v) is 5.42. The second-order valence-electron chi connectivity index (χ2n) is 5.42. The summed E-state index contributed by atoms with van der Waals surface area (Å²) in [6.07, 6.45) is 4.55. The van der Waals surface area contributed by atoms with Gasteiger partial charge in [0.1, 0.15) is 36.9 Å². The highest BCUT2D eigenvalue weighted by atomic mass is 16.6. The normalized spacial score (nSPS) is 13.6. The number of hydrogen-bond donors (Lipinski definition) is 2. The minimum absolute atomic E-state index is 0.0103. The molecule has 0 spiro atoms. The molecule has 2 aromatic rings. The van der Waals surface area contributed by atoms with Gasteiger partial charge in [0.2, 0.25) is 5.91 Å². The second kappa shape index (κ2) is 7.60. The van der Waals surface area contributed by atoms with Gasteiger partial charge in [-0.05, 0) is 6.92 Å². The van der Waals surface area contributed by atoms with Crippen molar-refractivity contribution in [3.63, 3.8) is 0 Å². The summed E-state index contributed by atoms with van der Waals surface area (Å²) in [5, 5.41) is 5.86. The van der Waals surface area contributed by atoms with E-state index < -0.39 is 6.09 Å². The molecule has 0 bridgehead atoms. The van der Waals surface area contributed by atoms with E-state index in [1.807, 2.05) is 17.7 Å². The van der Waals surface area contributed by atoms with Crippen LogP contribution in [-0.4, -0.2) is 69.2 Å². The molecule has 10 nitrogen and oxygen atoms in total. The summed E-state index contributed by atoms with van der Waals surface area (Å²) in [6, 6.07) is 1.80. The first-order valence-corrected chi connectivity index (χ1v) is 7.88. The number of carbonyl (C=O) groups excluding carboxylic acids is 2. The lowest BCUT2D eigenvalue weighted by Gasteiger charge is -2.13. The first-order valence-electron chi connectivity index (χ1n) is 7.88. The van der Waals surface area contributed by atoms with Crippen LogP contribution < -0.4 is 10.6 Å². The standard InChI is InChI=1S/C15H19N7O3/c1-11-16-4-5-22(11)13-8-12(19-10-20-13)17-2-3-18-14(23)9-21-6-7-25-15(21)24/h4-5,8,10H,2-3,6-7,9H2,1H3,(H,18,23)(H,17,19,20). The maximum Gasteiger partial charge on any atom is 0.410 e. The fraction of sp³-hybridized carbons (Fsp3) is 0.400. The zero-order chi connectivity index (χ0) is 17.6. The lowest BCUT2D eigenvalue weighted by atomic mass is 10.4. The van der Waals surface area contributed by atoms with E-state index in [-0.39, 0.29) is 12.5 Å². The molecule has 1 saturated heterocycles. The van der Waals surface area contributed by atoms with Crippen LogP contribution in [-0.2, 0) is 9.53 Å². The van der Waals surface area contributed by atoms with Crippen molar-refractivity contribution in [3.8, 4) is 5.82 Å². The maximum atomic E-state index is 11.8. The molecular formula is C15H19N7O3. The number of imidazole rings is 1. The fourth-order valence-electron chi connectivity index (χ4n) is 2.39. The summed E-state index contributed by atoms with van der Waals surface area (Å²) in [4.78, 5) is 36.9. The van der Waals surface area contributed by atoms with Gasteiger partial charge in [0.15, 0.2) is 0 Å². The Kier molecular flexibility index (Phi) is 5.07. The predicted molar refractivity (Wildman–Crippen MR) is 88.3 cm³/mol. The summed E-state index contributed by atoms with van der Waals surface area (Å²) in [6.45, 7) is 3.58. The molecule has 2 aromatic heterocycles. The summed E-state index contributed by atoms with van der Waals surface area (Å²) in [5.74, 6) is 1.97. The van der Waals surface area contributed by atoms with Gasteiger partial charge in [-0.2, -0.15) is 0 Å². The Bertz CT molecular complexity index is 761. The molecule has 0 unspecified atom stereocenters. The molecule has 1 aliphatic rings. The number of ether oxygens (including phenoxy) is 1. The van der Waals surface area contributed by atoms with Gasteiger partial charge in [0, 0.05) is 31.5 Å². The van der Waals surface area contributed by atoms with Crippen molar-refractivity contribution >= 4 is 17.8 Å². The minimum Gasteiger partial charge on any atom is -0.448 e. The van der Waals surface area contributed by atoms with Gasteiger partial charge in [0.25, 0.3) is 0 Å². The highest BCUT2D eigenvalue weighted by Crippen LogP contribution is 2.10. The first kappa shape index (κ1) is 16.7. The number of anilines is 1. The zero-order valence-corrected chi connectivity index (χ0v) is 13.8. The number of nitrogens with one attached hydrogen (secondary N) is 2. The van der Waals surface area contributed by atoms with Gasteiger partial charge in [-0.25, -0.2) is 19.7 Å². The number of cyclic esters (lactones) is 1. The largest absolute Gasteiger partial charge is 0.448 e. The third-order valence-corrected chi connectivity index (χ3v) is 3.66. The van der Waals surface area contributed by atoms with Gasteiger partial charge in [0.05, 0.1) is 6.54 Å². The van der Waals surface area contributed by atoms with Crippen molar-refractivity contribution in [3.05, 3.63) is 30.6 Å². The maximum absolute atomic E-state index is 11.8. The Labute approximate surface area is 144 Å². The smallest absolute Gasteiger partial charge is 0.410 e. The van der Waals surface area contributed by atoms with E-state index in [4.69, 9.17) is 4.74 Å². The van der Waals surface area contributed by atoms with Crippen molar-refractivity contribution in [2.75, 3.05) is 38.1 Å². The molecule has 0 aromatic carbocycles. The van der Waals surface area contributed by atoms with Crippen LogP contribution in [0.1, 0.15) is 5.82 Å². The number of nitrogens with zero attached hydrogens (tertiary/aromatic N) is 5. The van der Waals surface area contributed by atoms with E-state index in [0.29, 0.717) is 37.9 Å². The van der Waals surface area contributed by atoms with Crippen molar-refractivity contribution in [2.45, 2.75) is 6.92 Å². The Morgan fingerprint density at radius 3 is 2.92 bits per heavy atom. The first-order chi connectivity index (χ1) is 12.1. The third-order valence-electron chi connectivity index (χ3n) is 3.66. The van der Waals surface area contributed by atoms with Crippen molar-refractivity contribution < 1.29 is 14.3 Å². The number of amides is 2. The average molecular weight is 345 g/mol.